The fraction of sp³-hybridized carbons (Fsp3) is 0.326. The molecule has 0 N–H and O–H groups in total. The zero-order valence-corrected chi connectivity index (χ0v) is 33.9. The summed E-state index contributed by atoms with van der Waals surface area (Å²) in [7, 11) is 4.14. The molecule has 0 fully saturated rings. The zero-order valence-electron chi connectivity index (χ0n) is 33.9. The number of ether oxygens (including phenoxy) is 4. The smallest absolute Gasteiger partial charge is 0.313 e. The van der Waals surface area contributed by atoms with E-state index in [1.165, 1.54) is 26.0 Å². The maximum absolute atomic E-state index is 12.5. The van der Waals surface area contributed by atoms with Crippen LogP contribution in [0.4, 0.5) is 22.7 Å². The van der Waals surface area contributed by atoms with Crippen molar-refractivity contribution in [1.82, 2.24) is 4.48 Å². The molecule has 2 heterocycles. The topological polar surface area (TPSA) is 194 Å². The van der Waals surface area contributed by atoms with Gasteiger partial charge in [0.25, 0.3) is 11.4 Å². The molecule has 1 unspecified atom stereocenters. The molecule has 3 aromatic rings. The summed E-state index contributed by atoms with van der Waals surface area (Å²) in [5.74, 6) is -2.16. The summed E-state index contributed by atoms with van der Waals surface area (Å²) >= 11 is 0. The molecule has 1 atom stereocenters. The fourth-order valence-electron chi connectivity index (χ4n) is 7.46. The first-order valence-electron chi connectivity index (χ1n) is 18.6. The van der Waals surface area contributed by atoms with Gasteiger partial charge in [-0.2, -0.15) is 4.58 Å². The highest BCUT2D eigenvalue weighted by molar-refractivity contribution is 6.03. The van der Waals surface area contributed by atoms with E-state index in [4.69, 9.17) is 18.9 Å². The maximum Gasteiger partial charge on any atom is 0.313 e. The maximum atomic E-state index is 12.5. The molecule has 0 radical (unpaired) electrons. The molecule has 3 aromatic carbocycles. The number of carbonyl (C=O) groups is 4. The number of hydrogen-bond donors (Lipinski definition) is 0. The van der Waals surface area contributed by atoms with Crippen molar-refractivity contribution in [3.8, 4) is 0 Å². The summed E-state index contributed by atoms with van der Waals surface area (Å²) < 4.78 is 21.9. The number of likely N-dealkylation sites (N-methyl/N-ethyl adjacent to an activating group) is 1. The van der Waals surface area contributed by atoms with Crippen LogP contribution in [0.1, 0.15) is 68.4 Å². The van der Waals surface area contributed by atoms with Crippen LogP contribution in [0, 0.1) is 20.2 Å². The molecule has 0 spiro atoms. The van der Waals surface area contributed by atoms with E-state index >= 15 is 0 Å². The Morgan fingerprint density at radius 3 is 1.88 bits per heavy atom. The van der Waals surface area contributed by atoms with Crippen LogP contribution in [0.2, 0.25) is 0 Å². The minimum absolute atomic E-state index is 0.0201. The predicted molar refractivity (Wildman–Crippen MR) is 216 cm³/mol. The van der Waals surface area contributed by atoms with Crippen LogP contribution in [0.25, 0.3) is 0 Å². The van der Waals surface area contributed by atoms with Crippen LogP contribution in [0.15, 0.2) is 90.7 Å². The van der Waals surface area contributed by atoms with Crippen molar-refractivity contribution in [2.45, 2.75) is 65.3 Å². The number of hydrogen-bond acceptors (Lipinski definition) is 12. The summed E-state index contributed by atoms with van der Waals surface area (Å²) in [5.41, 5.74) is 5.97. The van der Waals surface area contributed by atoms with Gasteiger partial charge >= 0.3 is 23.9 Å². The number of esters is 4. The number of fused-ring (bicyclic) bond motifs is 2. The van der Waals surface area contributed by atoms with Gasteiger partial charge in [-0.05, 0) is 44.0 Å². The predicted octanol–water partition coefficient (Wildman–Crippen LogP) is 6.67. The number of allylic oxidation sites excluding steroid dienone is 6. The van der Waals surface area contributed by atoms with Gasteiger partial charge in [-0.1, -0.05) is 36.4 Å². The van der Waals surface area contributed by atoms with Crippen molar-refractivity contribution in [2.75, 3.05) is 27.7 Å². The number of nitro groups is 2. The van der Waals surface area contributed by atoms with Crippen molar-refractivity contribution < 1.29 is 52.5 Å². The number of rotatable bonds is 15. The van der Waals surface area contributed by atoms with E-state index in [-0.39, 0.29) is 25.3 Å². The Hall–Kier alpha value is -6.81. The Bertz CT molecular complexity index is 2320. The molecule has 0 aromatic heterocycles. The van der Waals surface area contributed by atoms with Crippen molar-refractivity contribution in [1.29, 1.82) is 0 Å². The quantitative estimate of drug-likeness (QED) is 0.0301. The normalized spacial score (nSPS) is 16.9. The van der Waals surface area contributed by atoms with Crippen molar-refractivity contribution in [3.05, 3.63) is 139 Å². The lowest BCUT2D eigenvalue weighted by atomic mass is 9.80. The molecule has 16 nitrogen and oxygen atoms in total. The van der Waals surface area contributed by atoms with Crippen molar-refractivity contribution in [3.63, 3.8) is 0 Å². The van der Waals surface area contributed by atoms with Gasteiger partial charge in [0.1, 0.15) is 11.4 Å². The number of nitro benzene ring substituents is 2. The van der Waals surface area contributed by atoms with E-state index in [1.54, 1.807) is 6.07 Å². The second kappa shape index (κ2) is 17.8. The number of quaternary nitrogens is 1. The van der Waals surface area contributed by atoms with Gasteiger partial charge in [-0.15, -0.1) is 0 Å². The summed E-state index contributed by atoms with van der Waals surface area (Å²) in [6, 6.07) is 14.9. The van der Waals surface area contributed by atoms with Gasteiger partial charge in [0.2, 0.25) is 19.3 Å². The minimum atomic E-state index is -0.663. The first-order valence-corrected chi connectivity index (χ1v) is 18.6. The van der Waals surface area contributed by atoms with Crippen molar-refractivity contribution in [2.24, 2.45) is 0 Å². The largest absolute Gasteiger partial charge is 0.428 e. The molecule has 59 heavy (non-hydrogen) atoms. The Balaban J connectivity index is 1.43. The number of nitrogens with zero attached hydrogens (tertiary/aromatic N) is 4. The van der Waals surface area contributed by atoms with E-state index in [2.05, 4.69) is 21.0 Å². The van der Waals surface area contributed by atoms with E-state index in [0.717, 1.165) is 45.5 Å². The van der Waals surface area contributed by atoms with Gasteiger partial charge in [0, 0.05) is 60.9 Å². The lowest BCUT2D eigenvalue weighted by Crippen LogP contribution is -2.36. The van der Waals surface area contributed by atoms with Crippen LogP contribution in [-0.2, 0) is 62.9 Å². The van der Waals surface area contributed by atoms with Gasteiger partial charge < -0.3 is 18.9 Å². The highest BCUT2D eigenvalue weighted by Gasteiger charge is 2.45. The molecule has 0 amide bonds. The van der Waals surface area contributed by atoms with E-state index in [0.29, 0.717) is 15.6 Å². The lowest BCUT2D eigenvalue weighted by Gasteiger charge is -2.26. The van der Waals surface area contributed by atoms with Gasteiger partial charge in [0.15, 0.2) is 12.3 Å². The minimum Gasteiger partial charge on any atom is -0.428 e. The van der Waals surface area contributed by atoms with Crippen LogP contribution in [0.5, 0.6) is 0 Å². The Morgan fingerprint density at radius 2 is 1.32 bits per heavy atom. The molecule has 0 saturated heterocycles. The third kappa shape index (κ3) is 10.0. The first kappa shape index (κ1) is 43.3. The standard InChI is InChI=1S/C43H46N4O12/c1-27-35-15-13-31(22-42(51)59-26-57-29(3)49)20-39(35)47(6,7)38(27)11-9-8-10-12-40-43(4,5)36-19-30(21-41(50)58-25-56-28(2)48)14-16-37(36)44(40)24-32-17-33(45(52)53)23-34(18-32)46(54)55/h8-20,23,27H,21-22,24-26H2,1-7H3/q+2/b9-8+,12-10+,38-11?. The third-order valence-corrected chi connectivity index (χ3v) is 10.3. The highest BCUT2D eigenvalue weighted by Crippen LogP contribution is 2.47. The second-order valence-electron chi connectivity index (χ2n) is 15.1. The van der Waals surface area contributed by atoms with Crippen LogP contribution < -0.4 is 4.48 Å². The monoisotopic (exact) mass is 810 g/mol. The highest BCUT2D eigenvalue weighted by atomic mass is 16.7. The molecule has 2 aliphatic rings. The molecular formula is C43H46N4O12+2. The number of non-ortho nitro benzene ring substituents is 2. The average molecular weight is 811 g/mol. The molecule has 2 aliphatic heterocycles. The molecular weight excluding hydrogens is 764 g/mol. The lowest BCUT2D eigenvalue weighted by molar-refractivity contribution is -0.455. The van der Waals surface area contributed by atoms with Crippen LogP contribution in [-0.4, -0.2) is 71.7 Å². The summed E-state index contributed by atoms with van der Waals surface area (Å²) in [5, 5.41) is 23.5. The van der Waals surface area contributed by atoms with Gasteiger partial charge in [-0.25, -0.2) is 0 Å². The molecule has 0 bridgehead atoms. The molecule has 0 aliphatic carbocycles. The van der Waals surface area contributed by atoms with E-state index < -0.39 is 64.1 Å². The summed E-state index contributed by atoms with van der Waals surface area (Å²) in [6.07, 6.45) is 9.61. The van der Waals surface area contributed by atoms with E-state index in [9.17, 15) is 39.4 Å². The number of carbonyl (C=O) groups excluding carboxylic acids is 4. The van der Waals surface area contributed by atoms with Crippen LogP contribution in [0.3, 0.4) is 0 Å². The SMILES string of the molecule is CC(=O)OCOC(=O)Cc1ccc2c(c1)C(C)(C)C(/C=C/C=C/C=C1C(C)c3ccc(CC(=O)OCOC(C)=O)cc3[N+]1(C)C)=[N+]2Cc1cc([N+](=O)[O-])cc([N+](=O)[O-])c1. The molecule has 0 saturated carbocycles. The first-order chi connectivity index (χ1) is 27.8. The molecule has 16 heteroatoms. The average Bonchev–Trinajstić information content (AvgIpc) is 3.47. The summed E-state index contributed by atoms with van der Waals surface area (Å²) in [4.78, 5) is 69.1. The third-order valence-electron chi connectivity index (χ3n) is 10.3. The van der Waals surface area contributed by atoms with Crippen LogP contribution >= 0.6 is 0 Å². The fourth-order valence-corrected chi connectivity index (χ4v) is 7.46. The molecule has 5 rings (SSSR count). The summed E-state index contributed by atoms with van der Waals surface area (Å²) in [6.45, 7) is 7.70. The Kier molecular flexibility index (Phi) is 13.0. The van der Waals surface area contributed by atoms with Gasteiger partial charge in [0.05, 0.1) is 54.2 Å². The second-order valence-corrected chi connectivity index (χ2v) is 15.1. The molecule has 308 valence electrons. The van der Waals surface area contributed by atoms with Crippen molar-refractivity contribution >= 4 is 52.3 Å². The van der Waals surface area contributed by atoms with Gasteiger partial charge in [-0.3, -0.25) is 43.9 Å². The van der Waals surface area contributed by atoms with E-state index in [1.807, 2.05) is 79.1 Å². The Labute approximate surface area is 340 Å². The zero-order chi connectivity index (χ0) is 43.2. The Morgan fingerprint density at radius 1 is 0.763 bits per heavy atom. The number of benzene rings is 3.